The summed E-state index contributed by atoms with van der Waals surface area (Å²) in [4.78, 5) is 12.2. The number of piperidine rings is 1. The van der Waals surface area contributed by atoms with Crippen molar-refractivity contribution in [1.82, 2.24) is 10.6 Å². The molecule has 2 bridgehead atoms. The minimum Gasteiger partial charge on any atom is -0.353 e. The van der Waals surface area contributed by atoms with Crippen molar-refractivity contribution in [2.45, 2.75) is 63.6 Å². The minimum absolute atomic E-state index is 0. The number of hydrogen-bond acceptors (Lipinski definition) is 2. The van der Waals surface area contributed by atoms with Gasteiger partial charge < -0.3 is 10.6 Å². The van der Waals surface area contributed by atoms with Crippen molar-refractivity contribution in [2.24, 2.45) is 5.92 Å². The van der Waals surface area contributed by atoms with Crippen LogP contribution in [-0.4, -0.2) is 24.0 Å². The topological polar surface area (TPSA) is 41.1 Å². The number of hydrogen-bond donors (Lipinski definition) is 2. The van der Waals surface area contributed by atoms with E-state index in [1.807, 2.05) is 13.0 Å². The lowest BCUT2D eigenvalue weighted by Crippen LogP contribution is -2.41. The van der Waals surface area contributed by atoms with Gasteiger partial charge in [-0.1, -0.05) is 18.2 Å². The Kier molecular flexibility index (Phi) is 6.42. The lowest BCUT2D eigenvalue weighted by atomic mass is 9.89. The number of rotatable bonds is 5. The first-order valence-corrected chi connectivity index (χ1v) is 8.39. The van der Waals surface area contributed by atoms with Crippen LogP contribution in [0.2, 0.25) is 0 Å². The Bertz CT molecular complexity index is 528. The van der Waals surface area contributed by atoms with Gasteiger partial charge >= 0.3 is 0 Å². The van der Waals surface area contributed by atoms with Crippen LogP contribution in [0.25, 0.3) is 0 Å². The van der Waals surface area contributed by atoms with E-state index in [-0.39, 0.29) is 30.2 Å². The molecule has 0 saturated carbocycles. The van der Waals surface area contributed by atoms with E-state index >= 15 is 0 Å². The number of amides is 1. The molecule has 5 heteroatoms. The van der Waals surface area contributed by atoms with Gasteiger partial charge in [0.2, 0.25) is 5.91 Å². The Labute approximate surface area is 143 Å². The van der Waals surface area contributed by atoms with E-state index in [1.165, 1.54) is 18.9 Å². The number of halogens is 2. The van der Waals surface area contributed by atoms with Crippen molar-refractivity contribution in [2.75, 3.05) is 0 Å². The van der Waals surface area contributed by atoms with Gasteiger partial charge in [-0.05, 0) is 56.6 Å². The van der Waals surface area contributed by atoms with Gasteiger partial charge in [-0.3, -0.25) is 4.79 Å². The lowest BCUT2D eigenvalue weighted by molar-refractivity contribution is -0.122. The van der Waals surface area contributed by atoms with Crippen LogP contribution in [0.15, 0.2) is 24.3 Å². The van der Waals surface area contributed by atoms with Crippen LogP contribution in [0, 0.1) is 11.7 Å². The predicted octanol–water partition coefficient (Wildman–Crippen LogP) is 3.22. The van der Waals surface area contributed by atoms with Gasteiger partial charge in [0, 0.05) is 24.5 Å². The summed E-state index contributed by atoms with van der Waals surface area (Å²) in [5.41, 5.74) is 0.662. The molecule has 1 aromatic carbocycles. The molecule has 1 amide bonds. The van der Waals surface area contributed by atoms with Gasteiger partial charge in [0.1, 0.15) is 5.82 Å². The van der Waals surface area contributed by atoms with Crippen LogP contribution >= 0.6 is 12.4 Å². The van der Waals surface area contributed by atoms with E-state index in [1.54, 1.807) is 12.1 Å². The zero-order valence-corrected chi connectivity index (χ0v) is 14.4. The molecule has 0 aliphatic carbocycles. The zero-order valence-electron chi connectivity index (χ0n) is 13.6. The summed E-state index contributed by atoms with van der Waals surface area (Å²) in [6.45, 7) is 1.94. The number of carbonyl (C=O) groups excluding carboxylic acids is 1. The first kappa shape index (κ1) is 18.2. The largest absolute Gasteiger partial charge is 0.353 e. The van der Waals surface area contributed by atoms with Crippen molar-refractivity contribution in [3.8, 4) is 0 Å². The van der Waals surface area contributed by atoms with Crippen molar-refractivity contribution >= 4 is 18.3 Å². The van der Waals surface area contributed by atoms with Crippen molar-refractivity contribution in [1.29, 1.82) is 0 Å². The molecule has 2 heterocycles. The predicted molar refractivity (Wildman–Crippen MR) is 92.2 cm³/mol. The minimum atomic E-state index is -0.196. The molecule has 1 aromatic rings. The fraction of sp³-hybridized carbons (Fsp3) is 0.611. The molecule has 0 radical (unpaired) electrons. The first-order valence-electron chi connectivity index (χ1n) is 8.39. The van der Waals surface area contributed by atoms with Crippen molar-refractivity contribution in [3.05, 3.63) is 35.6 Å². The fourth-order valence-corrected chi connectivity index (χ4v) is 3.98. The van der Waals surface area contributed by atoms with E-state index < -0.39 is 0 Å². The van der Waals surface area contributed by atoms with Crippen LogP contribution in [0.5, 0.6) is 0 Å². The Morgan fingerprint density at radius 2 is 1.96 bits per heavy atom. The van der Waals surface area contributed by atoms with Crippen LogP contribution in [0.3, 0.4) is 0 Å². The van der Waals surface area contributed by atoms with Gasteiger partial charge in [0.15, 0.2) is 0 Å². The molecule has 3 rings (SSSR count). The van der Waals surface area contributed by atoms with Crippen LogP contribution in [0.1, 0.15) is 44.6 Å². The number of nitrogens with one attached hydrogen (secondary N) is 2. The van der Waals surface area contributed by atoms with Gasteiger partial charge in [0.05, 0.1) is 0 Å². The molecule has 0 spiro atoms. The molecule has 2 aliphatic rings. The van der Waals surface area contributed by atoms with Crippen LogP contribution in [-0.2, 0) is 11.2 Å². The molecule has 2 saturated heterocycles. The maximum Gasteiger partial charge on any atom is 0.220 e. The second-order valence-electron chi connectivity index (χ2n) is 6.94. The quantitative estimate of drug-likeness (QED) is 0.864. The highest BCUT2D eigenvalue weighted by Crippen LogP contribution is 2.32. The van der Waals surface area contributed by atoms with Crippen LogP contribution < -0.4 is 10.6 Å². The van der Waals surface area contributed by atoms with Crippen molar-refractivity contribution in [3.63, 3.8) is 0 Å². The lowest BCUT2D eigenvalue weighted by Gasteiger charge is -2.29. The molecule has 2 aliphatic heterocycles. The Morgan fingerprint density at radius 3 is 2.61 bits per heavy atom. The van der Waals surface area contributed by atoms with Gasteiger partial charge in [-0.15, -0.1) is 12.4 Å². The molecule has 2 N–H and O–H groups in total. The second-order valence-corrected chi connectivity index (χ2v) is 6.94. The number of carbonyl (C=O) groups is 1. The highest BCUT2D eigenvalue weighted by atomic mass is 35.5. The van der Waals surface area contributed by atoms with E-state index in [9.17, 15) is 9.18 Å². The van der Waals surface area contributed by atoms with Crippen molar-refractivity contribution < 1.29 is 9.18 Å². The summed E-state index contributed by atoms with van der Waals surface area (Å²) in [7, 11) is 0. The number of benzene rings is 1. The molecule has 3 nitrogen and oxygen atoms in total. The van der Waals surface area contributed by atoms with Gasteiger partial charge in [-0.2, -0.15) is 0 Å². The number of fused-ring (bicyclic) bond motifs is 2. The second kappa shape index (κ2) is 8.11. The summed E-state index contributed by atoms with van der Waals surface area (Å²) in [6.07, 6.45) is 5.89. The summed E-state index contributed by atoms with van der Waals surface area (Å²) in [6, 6.07) is 7.96. The third-order valence-electron chi connectivity index (χ3n) is 4.94. The maximum absolute atomic E-state index is 13.6. The average molecular weight is 341 g/mol. The summed E-state index contributed by atoms with van der Waals surface area (Å²) in [5.74, 6) is 0.410. The smallest absolute Gasteiger partial charge is 0.220 e. The van der Waals surface area contributed by atoms with E-state index in [2.05, 4.69) is 10.6 Å². The molecule has 0 aromatic heterocycles. The van der Waals surface area contributed by atoms with Crippen LogP contribution in [0.4, 0.5) is 4.39 Å². The summed E-state index contributed by atoms with van der Waals surface area (Å²) < 4.78 is 13.6. The molecule has 2 fully saturated rings. The fourth-order valence-electron chi connectivity index (χ4n) is 3.98. The van der Waals surface area contributed by atoms with Gasteiger partial charge in [-0.25, -0.2) is 4.39 Å². The first-order chi connectivity index (χ1) is 10.6. The molecule has 128 valence electrons. The monoisotopic (exact) mass is 340 g/mol. The molecular formula is C18H26ClFN2O. The molecule has 3 unspecified atom stereocenters. The van der Waals surface area contributed by atoms with Gasteiger partial charge in [0.25, 0.3) is 0 Å². The van der Waals surface area contributed by atoms with E-state index in [0.29, 0.717) is 36.4 Å². The third kappa shape index (κ3) is 4.92. The normalized spacial score (nSPS) is 27.1. The highest BCUT2D eigenvalue weighted by molar-refractivity contribution is 5.85. The standard InChI is InChI=1S/C18H25FN2O.ClH/c1-12(8-14-4-2-3-5-17(14)19)20-18(22)11-13-9-15-6-7-16(10-13)21-15;/h2-5,12-13,15-16,21H,6-11H2,1H3,(H,20,22);1H. The Hall–Kier alpha value is -1.13. The maximum atomic E-state index is 13.6. The summed E-state index contributed by atoms with van der Waals surface area (Å²) >= 11 is 0. The zero-order chi connectivity index (χ0) is 15.5. The molecule has 3 atom stereocenters. The average Bonchev–Trinajstić information content (AvgIpc) is 2.80. The Morgan fingerprint density at radius 1 is 1.30 bits per heavy atom. The van der Waals surface area contributed by atoms with E-state index in [4.69, 9.17) is 0 Å². The molecule has 23 heavy (non-hydrogen) atoms. The SMILES string of the molecule is CC(Cc1ccccc1F)NC(=O)CC1CC2CCC(C1)N2.Cl. The third-order valence-corrected chi connectivity index (χ3v) is 4.94. The highest BCUT2D eigenvalue weighted by Gasteiger charge is 2.34. The van der Waals surface area contributed by atoms with E-state index in [0.717, 1.165) is 12.8 Å². The summed E-state index contributed by atoms with van der Waals surface area (Å²) in [5, 5.41) is 6.63. The Balaban J connectivity index is 0.00000192. The molecular weight excluding hydrogens is 315 g/mol.